The summed E-state index contributed by atoms with van der Waals surface area (Å²) in [5.41, 5.74) is 3.41. The number of benzene rings is 2. The van der Waals surface area contributed by atoms with Gasteiger partial charge in [0.25, 0.3) is 0 Å². The summed E-state index contributed by atoms with van der Waals surface area (Å²) in [5, 5.41) is -0.189. The van der Waals surface area contributed by atoms with Gasteiger partial charge in [-0.15, -0.1) is 11.6 Å². The second kappa shape index (κ2) is 6.67. The van der Waals surface area contributed by atoms with Crippen molar-refractivity contribution in [3.05, 3.63) is 59.2 Å². The first-order chi connectivity index (χ1) is 9.71. The molecule has 0 saturated carbocycles. The number of ether oxygens (including phenoxy) is 2. The SMILES string of the molecule is CCc1ccccc1C(Cl)c1ccc(OC)c(OC)c1. The molecule has 0 heterocycles. The van der Waals surface area contributed by atoms with Crippen LogP contribution < -0.4 is 9.47 Å². The molecule has 1 atom stereocenters. The molecule has 0 amide bonds. The largest absolute Gasteiger partial charge is 0.493 e. The molecule has 0 aliphatic heterocycles. The second-order valence-electron chi connectivity index (χ2n) is 4.53. The van der Waals surface area contributed by atoms with Crippen LogP contribution in [0.3, 0.4) is 0 Å². The minimum atomic E-state index is -0.189. The highest BCUT2D eigenvalue weighted by Crippen LogP contribution is 2.36. The molecule has 106 valence electrons. The molecule has 0 N–H and O–H groups in total. The van der Waals surface area contributed by atoms with E-state index in [0.717, 1.165) is 17.5 Å². The van der Waals surface area contributed by atoms with Gasteiger partial charge in [0.15, 0.2) is 11.5 Å². The van der Waals surface area contributed by atoms with E-state index in [9.17, 15) is 0 Å². The maximum atomic E-state index is 6.64. The van der Waals surface area contributed by atoms with Crippen molar-refractivity contribution in [2.24, 2.45) is 0 Å². The lowest BCUT2D eigenvalue weighted by molar-refractivity contribution is 0.354. The molecule has 2 rings (SSSR count). The van der Waals surface area contributed by atoms with Gasteiger partial charge in [0, 0.05) is 0 Å². The highest BCUT2D eigenvalue weighted by molar-refractivity contribution is 6.22. The number of hydrogen-bond acceptors (Lipinski definition) is 2. The highest BCUT2D eigenvalue weighted by Gasteiger charge is 2.16. The summed E-state index contributed by atoms with van der Waals surface area (Å²) in [7, 11) is 3.26. The van der Waals surface area contributed by atoms with E-state index in [1.807, 2.05) is 30.3 Å². The molecule has 3 heteroatoms. The average molecular weight is 291 g/mol. The lowest BCUT2D eigenvalue weighted by Crippen LogP contribution is -1.99. The molecule has 0 fully saturated rings. The number of alkyl halides is 1. The van der Waals surface area contributed by atoms with Crippen molar-refractivity contribution < 1.29 is 9.47 Å². The van der Waals surface area contributed by atoms with Crippen LogP contribution >= 0.6 is 11.6 Å². The third-order valence-corrected chi connectivity index (χ3v) is 3.90. The van der Waals surface area contributed by atoms with Crippen LogP contribution in [0.15, 0.2) is 42.5 Å². The van der Waals surface area contributed by atoms with Crippen molar-refractivity contribution in [2.45, 2.75) is 18.7 Å². The summed E-state index contributed by atoms with van der Waals surface area (Å²) < 4.78 is 10.6. The van der Waals surface area contributed by atoms with Gasteiger partial charge in [-0.25, -0.2) is 0 Å². The first kappa shape index (κ1) is 14.7. The minimum Gasteiger partial charge on any atom is -0.493 e. The van der Waals surface area contributed by atoms with E-state index in [1.54, 1.807) is 14.2 Å². The third-order valence-electron chi connectivity index (χ3n) is 3.41. The first-order valence-electron chi connectivity index (χ1n) is 6.65. The Bertz CT molecular complexity index is 581. The van der Waals surface area contributed by atoms with Crippen LogP contribution in [0, 0.1) is 0 Å². The second-order valence-corrected chi connectivity index (χ2v) is 4.97. The van der Waals surface area contributed by atoms with Crippen LogP contribution in [0.2, 0.25) is 0 Å². The van der Waals surface area contributed by atoms with Crippen molar-refractivity contribution >= 4 is 11.6 Å². The summed E-state index contributed by atoms with van der Waals surface area (Å²) in [4.78, 5) is 0. The van der Waals surface area contributed by atoms with E-state index in [4.69, 9.17) is 21.1 Å². The summed E-state index contributed by atoms with van der Waals surface area (Å²) in [5.74, 6) is 1.41. The van der Waals surface area contributed by atoms with Crippen LogP contribution in [0.1, 0.15) is 29.0 Å². The Morgan fingerprint density at radius 3 is 2.35 bits per heavy atom. The zero-order valence-corrected chi connectivity index (χ0v) is 12.8. The van der Waals surface area contributed by atoms with E-state index in [2.05, 4.69) is 19.1 Å². The van der Waals surface area contributed by atoms with E-state index in [1.165, 1.54) is 5.56 Å². The minimum absolute atomic E-state index is 0.189. The van der Waals surface area contributed by atoms with Crippen LogP contribution in [0.4, 0.5) is 0 Å². The van der Waals surface area contributed by atoms with Crippen LogP contribution in [-0.2, 0) is 6.42 Å². The molecule has 1 unspecified atom stereocenters. The van der Waals surface area contributed by atoms with Gasteiger partial charge in [0.05, 0.1) is 19.6 Å². The standard InChI is InChI=1S/C17H19ClO2/c1-4-12-7-5-6-8-14(12)17(18)13-9-10-15(19-2)16(11-13)20-3/h5-11,17H,4H2,1-3H3. The molecule has 2 aromatic carbocycles. The molecule has 0 spiro atoms. The Kier molecular flexibility index (Phi) is 4.91. The molecule has 0 radical (unpaired) electrons. The van der Waals surface area contributed by atoms with Crippen molar-refractivity contribution in [1.29, 1.82) is 0 Å². The summed E-state index contributed by atoms with van der Waals surface area (Å²) in [6.07, 6.45) is 0.965. The molecule has 0 aliphatic rings. The third kappa shape index (κ3) is 2.91. The van der Waals surface area contributed by atoms with E-state index in [-0.39, 0.29) is 5.38 Å². The number of methoxy groups -OCH3 is 2. The predicted molar refractivity (Wildman–Crippen MR) is 83.1 cm³/mol. The number of halogens is 1. The van der Waals surface area contributed by atoms with Gasteiger partial charge in [-0.3, -0.25) is 0 Å². The first-order valence-corrected chi connectivity index (χ1v) is 7.08. The maximum absolute atomic E-state index is 6.64. The number of aryl methyl sites for hydroxylation is 1. The van der Waals surface area contributed by atoms with Crippen molar-refractivity contribution in [3.63, 3.8) is 0 Å². The molecule has 2 aromatic rings. The normalized spacial score (nSPS) is 12.0. The maximum Gasteiger partial charge on any atom is 0.161 e. The van der Waals surface area contributed by atoms with Gasteiger partial charge in [0.2, 0.25) is 0 Å². The number of rotatable bonds is 5. The molecule has 0 aromatic heterocycles. The molecular weight excluding hydrogens is 272 g/mol. The predicted octanol–water partition coefficient (Wildman–Crippen LogP) is 4.59. The fraction of sp³-hybridized carbons (Fsp3) is 0.294. The molecule has 2 nitrogen and oxygen atoms in total. The highest BCUT2D eigenvalue weighted by atomic mass is 35.5. The lowest BCUT2D eigenvalue weighted by atomic mass is 9.97. The Balaban J connectivity index is 2.40. The smallest absolute Gasteiger partial charge is 0.161 e. The quantitative estimate of drug-likeness (QED) is 0.750. The van der Waals surface area contributed by atoms with Crippen molar-refractivity contribution in [2.75, 3.05) is 14.2 Å². The average Bonchev–Trinajstić information content (AvgIpc) is 2.53. The van der Waals surface area contributed by atoms with Crippen LogP contribution in [-0.4, -0.2) is 14.2 Å². The Morgan fingerprint density at radius 1 is 1.00 bits per heavy atom. The zero-order chi connectivity index (χ0) is 14.5. The van der Waals surface area contributed by atoms with Crippen molar-refractivity contribution in [3.8, 4) is 11.5 Å². The monoisotopic (exact) mass is 290 g/mol. The van der Waals surface area contributed by atoms with Gasteiger partial charge in [-0.1, -0.05) is 37.3 Å². The van der Waals surface area contributed by atoms with Crippen LogP contribution in [0.5, 0.6) is 11.5 Å². The molecule has 0 saturated heterocycles. The Morgan fingerprint density at radius 2 is 1.70 bits per heavy atom. The van der Waals surface area contributed by atoms with Gasteiger partial charge in [-0.05, 0) is 35.2 Å². The summed E-state index contributed by atoms with van der Waals surface area (Å²) in [6, 6.07) is 14.1. The summed E-state index contributed by atoms with van der Waals surface area (Å²) >= 11 is 6.64. The van der Waals surface area contributed by atoms with E-state index >= 15 is 0 Å². The fourth-order valence-electron chi connectivity index (χ4n) is 2.29. The molecule has 0 aliphatic carbocycles. The topological polar surface area (TPSA) is 18.5 Å². The lowest BCUT2D eigenvalue weighted by Gasteiger charge is -2.16. The molecular formula is C17H19ClO2. The zero-order valence-electron chi connectivity index (χ0n) is 12.0. The summed E-state index contributed by atoms with van der Waals surface area (Å²) in [6.45, 7) is 2.14. The fourth-order valence-corrected chi connectivity index (χ4v) is 2.64. The Labute approximate surface area is 125 Å². The van der Waals surface area contributed by atoms with E-state index in [0.29, 0.717) is 11.5 Å². The van der Waals surface area contributed by atoms with Gasteiger partial charge in [-0.2, -0.15) is 0 Å². The van der Waals surface area contributed by atoms with Crippen molar-refractivity contribution in [1.82, 2.24) is 0 Å². The van der Waals surface area contributed by atoms with Crippen LogP contribution in [0.25, 0.3) is 0 Å². The molecule has 20 heavy (non-hydrogen) atoms. The molecule has 0 bridgehead atoms. The Hall–Kier alpha value is -1.67. The number of hydrogen-bond donors (Lipinski definition) is 0. The van der Waals surface area contributed by atoms with Gasteiger partial charge >= 0.3 is 0 Å². The van der Waals surface area contributed by atoms with Gasteiger partial charge in [0.1, 0.15) is 0 Å². The van der Waals surface area contributed by atoms with E-state index < -0.39 is 0 Å². The van der Waals surface area contributed by atoms with Gasteiger partial charge < -0.3 is 9.47 Å².